The Bertz CT molecular complexity index is 317. The van der Waals surface area contributed by atoms with Gasteiger partial charge in [0.15, 0.2) is 0 Å². The molecule has 1 aromatic rings. The van der Waals surface area contributed by atoms with E-state index < -0.39 is 12.2 Å². The molecule has 1 heterocycles. The predicted molar refractivity (Wildman–Crippen MR) is 52.3 cm³/mol. The number of carbonyl (C=O) groups is 1. The van der Waals surface area contributed by atoms with Gasteiger partial charge in [-0.3, -0.25) is 4.79 Å². The summed E-state index contributed by atoms with van der Waals surface area (Å²) in [6.45, 7) is 0. The largest absolute Gasteiger partial charge is 0.299 e. The molecule has 13 heavy (non-hydrogen) atoms. The van der Waals surface area contributed by atoms with Crippen molar-refractivity contribution in [1.82, 2.24) is 0 Å². The van der Waals surface area contributed by atoms with Crippen LogP contribution in [0.5, 0.6) is 0 Å². The van der Waals surface area contributed by atoms with Gasteiger partial charge in [0.05, 0.1) is 0 Å². The molecular formula is C8H6F2OS2. The third-order valence-electron chi connectivity index (χ3n) is 1.27. The van der Waals surface area contributed by atoms with E-state index in [9.17, 15) is 13.6 Å². The topological polar surface area (TPSA) is 17.1 Å². The summed E-state index contributed by atoms with van der Waals surface area (Å²) in [5.74, 6) is -1.21. The van der Waals surface area contributed by atoms with Gasteiger partial charge in [-0.05, 0) is 11.4 Å². The van der Waals surface area contributed by atoms with Gasteiger partial charge in [0.1, 0.15) is 0 Å². The molecule has 0 saturated heterocycles. The second-order valence-electron chi connectivity index (χ2n) is 2.21. The van der Waals surface area contributed by atoms with E-state index >= 15 is 0 Å². The lowest BCUT2D eigenvalue weighted by Gasteiger charge is -1.95. The number of hydrogen-bond acceptors (Lipinski definition) is 3. The van der Waals surface area contributed by atoms with E-state index in [-0.39, 0.29) is 4.91 Å². The number of thiophene rings is 1. The van der Waals surface area contributed by atoms with Crippen LogP contribution in [0, 0.1) is 0 Å². The molecule has 0 amide bonds. The molecule has 0 atom stereocenters. The highest BCUT2D eigenvalue weighted by Crippen LogP contribution is 2.23. The fraction of sp³-hybridized carbons (Fsp3) is 0.125. The molecule has 0 aromatic carbocycles. The van der Waals surface area contributed by atoms with E-state index in [1.807, 2.05) is 0 Å². The SMILES string of the molecule is O=C(C=C(S)c1cccs1)C(F)F. The first-order valence-corrected chi connectivity index (χ1v) is 4.70. The summed E-state index contributed by atoms with van der Waals surface area (Å²) in [7, 11) is 0. The summed E-state index contributed by atoms with van der Waals surface area (Å²) in [4.78, 5) is 11.6. The second-order valence-corrected chi connectivity index (χ2v) is 3.64. The van der Waals surface area contributed by atoms with Crippen molar-refractivity contribution in [3.63, 3.8) is 0 Å². The van der Waals surface area contributed by atoms with Gasteiger partial charge < -0.3 is 0 Å². The normalized spacial score (nSPS) is 12.2. The van der Waals surface area contributed by atoms with Gasteiger partial charge in [0.2, 0.25) is 5.78 Å². The molecule has 0 radical (unpaired) electrons. The van der Waals surface area contributed by atoms with Crippen molar-refractivity contribution in [2.24, 2.45) is 0 Å². The van der Waals surface area contributed by atoms with Gasteiger partial charge in [-0.1, -0.05) is 6.07 Å². The second kappa shape index (κ2) is 4.53. The van der Waals surface area contributed by atoms with Crippen molar-refractivity contribution >= 4 is 34.7 Å². The zero-order valence-electron chi connectivity index (χ0n) is 6.41. The molecule has 0 N–H and O–H groups in total. The van der Waals surface area contributed by atoms with Gasteiger partial charge in [0.25, 0.3) is 6.43 Å². The average molecular weight is 220 g/mol. The highest BCUT2D eigenvalue weighted by atomic mass is 32.1. The fourth-order valence-electron chi connectivity index (χ4n) is 0.693. The lowest BCUT2D eigenvalue weighted by atomic mass is 10.3. The Morgan fingerprint density at radius 1 is 1.62 bits per heavy atom. The number of carbonyl (C=O) groups excluding carboxylic acids is 1. The zero-order valence-corrected chi connectivity index (χ0v) is 8.12. The number of halogens is 2. The van der Waals surface area contributed by atoms with Crippen LogP contribution in [0.3, 0.4) is 0 Å². The minimum Gasteiger partial charge on any atom is -0.288 e. The molecule has 0 aliphatic rings. The molecule has 0 spiro atoms. The molecule has 0 unspecified atom stereocenters. The van der Waals surface area contributed by atoms with Crippen molar-refractivity contribution in [3.8, 4) is 0 Å². The fourth-order valence-corrected chi connectivity index (χ4v) is 1.69. The van der Waals surface area contributed by atoms with E-state index in [2.05, 4.69) is 12.6 Å². The average Bonchev–Trinajstić information content (AvgIpc) is 2.55. The molecule has 0 aliphatic carbocycles. The van der Waals surface area contributed by atoms with E-state index in [1.54, 1.807) is 17.5 Å². The predicted octanol–water partition coefficient (Wildman–Crippen LogP) is 2.85. The summed E-state index contributed by atoms with van der Waals surface area (Å²) in [5, 5.41) is 1.78. The van der Waals surface area contributed by atoms with Gasteiger partial charge in [-0.15, -0.1) is 24.0 Å². The summed E-state index contributed by atoms with van der Waals surface area (Å²) < 4.78 is 23.6. The standard InChI is InChI=1S/C8H6F2OS2/c9-8(10)5(11)4-6(12)7-2-1-3-13-7/h1-4,8,12H. The van der Waals surface area contributed by atoms with Gasteiger partial charge in [-0.2, -0.15) is 0 Å². The monoisotopic (exact) mass is 220 g/mol. The Hall–Kier alpha value is -0.680. The maximum absolute atomic E-state index is 11.8. The summed E-state index contributed by atoms with van der Waals surface area (Å²) in [6.07, 6.45) is -2.11. The third kappa shape index (κ3) is 2.93. The smallest absolute Gasteiger partial charge is 0.288 e. The number of hydrogen-bond donors (Lipinski definition) is 1. The molecule has 1 aromatic heterocycles. The van der Waals surface area contributed by atoms with E-state index in [4.69, 9.17) is 0 Å². The lowest BCUT2D eigenvalue weighted by molar-refractivity contribution is -0.124. The van der Waals surface area contributed by atoms with Gasteiger partial charge in [0, 0.05) is 15.9 Å². The van der Waals surface area contributed by atoms with Crippen LogP contribution in [0.15, 0.2) is 23.6 Å². The number of thiol groups is 1. The van der Waals surface area contributed by atoms with Crippen LogP contribution < -0.4 is 0 Å². The lowest BCUT2D eigenvalue weighted by Crippen LogP contribution is -2.05. The quantitative estimate of drug-likeness (QED) is 0.612. The molecule has 5 heteroatoms. The molecule has 1 nitrogen and oxygen atoms in total. The van der Waals surface area contributed by atoms with Crippen LogP contribution in [0.2, 0.25) is 0 Å². The van der Waals surface area contributed by atoms with E-state index in [1.165, 1.54) is 11.3 Å². The minimum atomic E-state index is -2.96. The number of allylic oxidation sites excluding steroid dienone is 1. The first kappa shape index (κ1) is 10.4. The maximum atomic E-state index is 11.8. The Kier molecular flexibility index (Phi) is 3.62. The van der Waals surface area contributed by atoms with Crippen LogP contribution in [0.1, 0.15) is 4.88 Å². The molecule has 0 bridgehead atoms. The molecular weight excluding hydrogens is 214 g/mol. The van der Waals surface area contributed by atoms with Crippen LogP contribution in [-0.4, -0.2) is 12.2 Å². The van der Waals surface area contributed by atoms with Crippen molar-refractivity contribution in [2.75, 3.05) is 0 Å². The Morgan fingerprint density at radius 2 is 2.31 bits per heavy atom. The van der Waals surface area contributed by atoms with Crippen LogP contribution >= 0.6 is 24.0 Å². The van der Waals surface area contributed by atoms with E-state index in [0.29, 0.717) is 4.88 Å². The van der Waals surface area contributed by atoms with E-state index in [0.717, 1.165) is 6.08 Å². The molecule has 0 fully saturated rings. The number of ketones is 1. The minimum absolute atomic E-state index is 0.278. The summed E-state index contributed by atoms with van der Waals surface area (Å²) >= 11 is 5.28. The molecule has 70 valence electrons. The van der Waals surface area contributed by atoms with Crippen molar-refractivity contribution in [2.45, 2.75) is 6.43 Å². The molecule has 0 aliphatic heterocycles. The van der Waals surface area contributed by atoms with Crippen molar-refractivity contribution < 1.29 is 13.6 Å². The van der Waals surface area contributed by atoms with Crippen LogP contribution in [0.25, 0.3) is 4.91 Å². The maximum Gasteiger partial charge on any atom is 0.299 e. The summed E-state index contributed by atoms with van der Waals surface area (Å²) in [6, 6.07) is 3.47. The van der Waals surface area contributed by atoms with Crippen LogP contribution in [0.4, 0.5) is 8.78 Å². The Labute approximate surface area is 83.5 Å². The summed E-state index contributed by atoms with van der Waals surface area (Å²) in [5.41, 5.74) is 0. The van der Waals surface area contributed by atoms with Gasteiger partial charge >= 0.3 is 0 Å². The van der Waals surface area contributed by atoms with Crippen LogP contribution in [-0.2, 0) is 4.79 Å². The van der Waals surface area contributed by atoms with Crippen molar-refractivity contribution in [3.05, 3.63) is 28.5 Å². The van der Waals surface area contributed by atoms with Gasteiger partial charge in [-0.25, -0.2) is 8.78 Å². The Morgan fingerprint density at radius 3 is 2.77 bits per heavy atom. The molecule has 0 saturated carbocycles. The number of rotatable bonds is 3. The first-order valence-electron chi connectivity index (χ1n) is 3.38. The highest BCUT2D eigenvalue weighted by molar-refractivity contribution is 7.90. The zero-order chi connectivity index (χ0) is 9.84. The third-order valence-corrected chi connectivity index (χ3v) is 2.69. The highest BCUT2D eigenvalue weighted by Gasteiger charge is 2.12. The number of alkyl halides is 2. The molecule has 1 rings (SSSR count). The van der Waals surface area contributed by atoms with Crippen molar-refractivity contribution in [1.29, 1.82) is 0 Å². The first-order chi connectivity index (χ1) is 6.11. The Balaban J connectivity index is 2.78.